The van der Waals surface area contributed by atoms with Gasteiger partial charge in [-0.3, -0.25) is 4.79 Å². The molecule has 0 aliphatic heterocycles. The molecule has 0 fully saturated rings. The summed E-state index contributed by atoms with van der Waals surface area (Å²) in [6.07, 6.45) is 0. The molecule has 3 rings (SSSR count). The summed E-state index contributed by atoms with van der Waals surface area (Å²) < 4.78 is 33.0. The molecule has 0 spiro atoms. The van der Waals surface area contributed by atoms with Gasteiger partial charge in [0, 0.05) is 11.6 Å². The molecule has 0 heterocycles. The van der Waals surface area contributed by atoms with Crippen LogP contribution in [0.1, 0.15) is 22.8 Å². The van der Waals surface area contributed by atoms with E-state index in [9.17, 15) is 18.0 Å². The molecule has 0 bridgehead atoms. The third-order valence-corrected chi connectivity index (χ3v) is 7.75. The molecular weight excluding hydrogens is 535 g/mol. The number of nitrogens with zero attached hydrogens (tertiary/aromatic N) is 1. The highest BCUT2D eigenvalue weighted by Crippen LogP contribution is 2.28. The number of benzene rings is 3. The van der Waals surface area contributed by atoms with Gasteiger partial charge in [-0.2, -0.15) is 4.31 Å². The van der Waals surface area contributed by atoms with Crippen LogP contribution >= 0.6 is 34.8 Å². The maximum Gasteiger partial charge on any atom is 0.340 e. The molecule has 0 aromatic heterocycles. The SMILES string of the molecule is CCOC(=O)c1ccccc1NC(=O)CN(Cc1ccccc1Cl)S(=O)(=O)c1ccc(Cl)c(Cl)c1. The minimum Gasteiger partial charge on any atom is -0.462 e. The van der Waals surface area contributed by atoms with Crippen molar-refractivity contribution in [2.75, 3.05) is 18.5 Å². The van der Waals surface area contributed by atoms with E-state index in [0.29, 0.717) is 10.6 Å². The van der Waals surface area contributed by atoms with Gasteiger partial charge in [0.15, 0.2) is 0 Å². The van der Waals surface area contributed by atoms with Gasteiger partial charge in [0.25, 0.3) is 0 Å². The highest BCUT2D eigenvalue weighted by atomic mass is 35.5. The molecule has 7 nitrogen and oxygen atoms in total. The normalized spacial score (nSPS) is 11.3. The van der Waals surface area contributed by atoms with Crippen molar-refractivity contribution in [3.63, 3.8) is 0 Å². The smallest absolute Gasteiger partial charge is 0.340 e. The molecule has 184 valence electrons. The Hall–Kier alpha value is -2.62. The zero-order valence-corrected chi connectivity index (χ0v) is 21.6. The zero-order chi connectivity index (χ0) is 25.6. The zero-order valence-electron chi connectivity index (χ0n) is 18.5. The number of ether oxygens (including phenoxy) is 1. The predicted octanol–water partition coefficient (Wildman–Crippen LogP) is 5.65. The van der Waals surface area contributed by atoms with E-state index in [1.807, 2.05) is 0 Å². The standard InChI is InChI=1S/C24H21Cl3N2O5S/c1-2-34-24(31)18-8-4-6-10-22(18)28-23(30)15-29(14-16-7-3-5-9-19(16)25)35(32,33)17-11-12-20(26)21(27)13-17/h3-13H,2,14-15H2,1H3,(H,28,30). The number of carbonyl (C=O) groups is 2. The minimum absolute atomic E-state index is 0.0539. The van der Waals surface area contributed by atoms with Gasteiger partial charge in [0.05, 0.1) is 39.3 Å². The Balaban J connectivity index is 1.93. The third-order valence-electron chi connectivity index (χ3n) is 4.85. The lowest BCUT2D eigenvalue weighted by Gasteiger charge is -2.23. The molecular formula is C24H21Cl3N2O5S. The van der Waals surface area contributed by atoms with E-state index in [0.717, 1.165) is 4.31 Å². The second kappa shape index (κ2) is 11.9. The first-order chi connectivity index (χ1) is 16.6. The maximum absolute atomic E-state index is 13.5. The van der Waals surface area contributed by atoms with Gasteiger partial charge in [-0.15, -0.1) is 0 Å². The molecule has 0 aliphatic carbocycles. The number of hydrogen-bond donors (Lipinski definition) is 1. The largest absolute Gasteiger partial charge is 0.462 e. The van der Waals surface area contributed by atoms with Crippen molar-refractivity contribution in [1.29, 1.82) is 0 Å². The van der Waals surface area contributed by atoms with Gasteiger partial charge in [0.1, 0.15) is 0 Å². The second-order valence-electron chi connectivity index (χ2n) is 7.25. The van der Waals surface area contributed by atoms with Gasteiger partial charge in [-0.25, -0.2) is 13.2 Å². The van der Waals surface area contributed by atoms with Crippen molar-refractivity contribution >= 4 is 62.4 Å². The molecule has 0 saturated heterocycles. The van der Waals surface area contributed by atoms with Crippen molar-refractivity contribution in [2.24, 2.45) is 0 Å². The molecule has 0 atom stereocenters. The fourth-order valence-electron chi connectivity index (χ4n) is 3.16. The van der Waals surface area contributed by atoms with Crippen LogP contribution in [-0.2, 0) is 26.1 Å². The van der Waals surface area contributed by atoms with Crippen molar-refractivity contribution in [2.45, 2.75) is 18.4 Å². The summed E-state index contributed by atoms with van der Waals surface area (Å²) >= 11 is 18.2. The average molecular weight is 556 g/mol. The monoisotopic (exact) mass is 554 g/mol. The van der Waals surface area contributed by atoms with Crippen molar-refractivity contribution in [3.05, 3.63) is 92.9 Å². The Bertz CT molecular complexity index is 1350. The van der Waals surface area contributed by atoms with Crippen LogP contribution in [0.5, 0.6) is 0 Å². The van der Waals surface area contributed by atoms with Crippen LogP contribution < -0.4 is 5.32 Å². The fraction of sp³-hybridized carbons (Fsp3) is 0.167. The van der Waals surface area contributed by atoms with Crippen molar-refractivity contribution < 1.29 is 22.7 Å². The Morgan fingerprint density at radius 1 is 0.914 bits per heavy atom. The van der Waals surface area contributed by atoms with Gasteiger partial charge >= 0.3 is 5.97 Å². The van der Waals surface area contributed by atoms with E-state index < -0.39 is 28.4 Å². The number of rotatable bonds is 9. The highest BCUT2D eigenvalue weighted by molar-refractivity contribution is 7.89. The van der Waals surface area contributed by atoms with E-state index in [1.54, 1.807) is 43.3 Å². The van der Waals surface area contributed by atoms with Gasteiger partial charge in [0.2, 0.25) is 15.9 Å². The quantitative estimate of drug-likeness (QED) is 0.344. The first-order valence-electron chi connectivity index (χ1n) is 10.4. The van der Waals surface area contributed by atoms with Gasteiger partial charge in [-0.1, -0.05) is 65.1 Å². The van der Waals surface area contributed by atoms with Crippen molar-refractivity contribution in [1.82, 2.24) is 4.31 Å². The lowest BCUT2D eigenvalue weighted by atomic mass is 10.2. The number of amides is 1. The number of anilines is 1. The number of halogens is 3. The first-order valence-corrected chi connectivity index (χ1v) is 13.0. The highest BCUT2D eigenvalue weighted by Gasteiger charge is 2.28. The van der Waals surface area contributed by atoms with Crippen LogP contribution in [0.2, 0.25) is 15.1 Å². The number of nitrogens with one attached hydrogen (secondary N) is 1. The van der Waals surface area contributed by atoms with Gasteiger partial charge < -0.3 is 10.1 Å². The first kappa shape index (κ1) is 27.0. The summed E-state index contributed by atoms with van der Waals surface area (Å²) in [4.78, 5) is 25.1. The van der Waals surface area contributed by atoms with Crippen LogP contribution in [0, 0.1) is 0 Å². The summed E-state index contributed by atoms with van der Waals surface area (Å²) in [7, 11) is -4.20. The summed E-state index contributed by atoms with van der Waals surface area (Å²) in [5, 5.41) is 3.19. The van der Waals surface area contributed by atoms with Crippen LogP contribution in [0.4, 0.5) is 5.69 Å². The predicted molar refractivity (Wildman–Crippen MR) is 137 cm³/mol. The average Bonchev–Trinajstić information content (AvgIpc) is 2.82. The van der Waals surface area contributed by atoms with Crippen molar-refractivity contribution in [3.8, 4) is 0 Å². The number of hydrogen-bond acceptors (Lipinski definition) is 5. The molecule has 3 aromatic carbocycles. The summed E-state index contributed by atoms with van der Waals surface area (Å²) in [5.41, 5.74) is 0.839. The lowest BCUT2D eigenvalue weighted by Crippen LogP contribution is -2.37. The van der Waals surface area contributed by atoms with Crippen LogP contribution in [0.15, 0.2) is 71.6 Å². The number of para-hydroxylation sites is 1. The Labute approximate surface area is 218 Å². The topological polar surface area (TPSA) is 92.8 Å². The lowest BCUT2D eigenvalue weighted by molar-refractivity contribution is -0.116. The van der Waals surface area contributed by atoms with E-state index in [-0.39, 0.29) is 39.3 Å². The molecule has 0 aliphatic rings. The van der Waals surface area contributed by atoms with E-state index in [2.05, 4.69) is 5.32 Å². The molecule has 11 heteroatoms. The minimum atomic E-state index is -4.20. The molecule has 0 radical (unpaired) electrons. The number of sulfonamides is 1. The molecule has 3 aromatic rings. The summed E-state index contributed by atoms with van der Waals surface area (Å²) in [5.74, 6) is -1.28. The van der Waals surface area contributed by atoms with E-state index in [1.165, 1.54) is 30.3 Å². The molecule has 1 amide bonds. The Morgan fingerprint density at radius 2 is 1.60 bits per heavy atom. The Morgan fingerprint density at radius 3 is 2.29 bits per heavy atom. The number of esters is 1. The summed E-state index contributed by atoms with van der Waals surface area (Å²) in [6, 6.07) is 16.9. The van der Waals surface area contributed by atoms with Gasteiger partial charge in [-0.05, 0) is 48.9 Å². The second-order valence-corrected chi connectivity index (χ2v) is 10.4. The molecule has 1 N–H and O–H groups in total. The summed E-state index contributed by atoms with van der Waals surface area (Å²) in [6.45, 7) is 1.08. The van der Waals surface area contributed by atoms with E-state index in [4.69, 9.17) is 39.5 Å². The maximum atomic E-state index is 13.5. The van der Waals surface area contributed by atoms with Crippen LogP contribution in [-0.4, -0.2) is 37.8 Å². The molecule has 0 saturated carbocycles. The van der Waals surface area contributed by atoms with Crippen LogP contribution in [0.25, 0.3) is 0 Å². The van der Waals surface area contributed by atoms with Crippen LogP contribution in [0.3, 0.4) is 0 Å². The number of carbonyl (C=O) groups excluding carboxylic acids is 2. The molecule has 35 heavy (non-hydrogen) atoms. The molecule has 0 unspecified atom stereocenters. The third kappa shape index (κ3) is 6.74. The fourth-order valence-corrected chi connectivity index (χ4v) is 5.12. The van der Waals surface area contributed by atoms with E-state index >= 15 is 0 Å². The Kier molecular flexibility index (Phi) is 9.15.